The van der Waals surface area contributed by atoms with Crippen molar-refractivity contribution in [1.82, 2.24) is 5.32 Å². The normalized spacial score (nSPS) is 10.2. The number of carboxylic acids is 1. The monoisotopic (exact) mass is 263 g/mol. The summed E-state index contributed by atoms with van der Waals surface area (Å²) in [6, 6.07) is 2.93. The van der Waals surface area contributed by atoms with Gasteiger partial charge in [-0.3, -0.25) is 9.59 Å². The number of alkyl halides is 2. The van der Waals surface area contributed by atoms with Gasteiger partial charge in [0.2, 0.25) is 0 Å². The zero-order chi connectivity index (χ0) is 13.7. The minimum Gasteiger partial charge on any atom is -0.480 e. The van der Waals surface area contributed by atoms with Gasteiger partial charge >= 0.3 is 12.6 Å². The van der Waals surface area contributed by atoms with Crippen molar-refractivity contribution in [2.24, 2.45) is 0 Å². The van der Waals surface area contributed by atoms with Crippen LogP contribution in [0.3, 0.4) is 0 Å². The summed E-state index contributed by atoms with van der Waals surface area (Å²) >= 11 is 0. The van der Waals surface area contributed by atoms with E-state index in [-0.39, 0.29) is 0 Å². The van der Waals surface area contributed by atoms with Crippen molar-refractivity contribution in [3.05, 3.63) is 29.6 Å². The maximum absolute atomic E-state index is 13.3. The second kappa shape index (κ2) is 5.89. The van der Waals surface area contributed by atoms with E-state index in [0.29, 0.717) is 0 Å². The van der Waals surface area contributed by atoms with Crippen molar-refractivity contribution in [3.63, 3.8) is 0 Å². The van der Waals surface area contributed by atoms with Crippen LogP contribution in [0.25, 0.3) is 0 Å². The van der Waals surface area contributed by atoms with Gasteiger partial charge in [-0.05, 0) is 12.1 Å². The number of carbonyl (C=O) groups excluding carboxylic acids is 1. The minimum atomic E-state index is -3.22. The van der Waals surface area contributed by atoms with Crippen molar-refractivity contribution in [2.45, 2.75) is 6.61 Å². The lowest BCUT2D eigenvalue weighted by atomic mass is 10.1. The van der Waals surface area contributed by atoms with Crippen LogP contribution in [0.15, 0.2) is 18.2 Å². The highest BCUT2D eigenvalue weighted by Crippen LogP contribution is 2.23. The predicted molar refractivity (Wildman–Crippen MR) is 53.0 cm³/mol. The molecule has 0 saturated heterocycles. The summed E-state index contributed by atoms with van der Waals surface area (Å²) in [5.41, 5.74) is -0.765. The van der Waals surface area contributed by atoms with Crippen molar-refractivity contribution in [1.29, 1.82) is 0 Å². The van der Waals surface area contributed by atoms with Crippen LogP contribution < -0.4 is 10.1 Å². The summed E-state index contributed by atoms with van der Waals surface area (Å²) in [4.78, 5) is 21.7. The Kier molecular flexibility index (Phi) is 4.52. The molecule has 0 aliphatic heterocycles. The Hall–Kier alpha value is -2.25. The van der Waals surface area contributed by atoms with Crippen LogP contribution in [0.1, 0.15) is 10.4 Å². The molecule has 8 heteroatoms. The third-order valence-corrected chi connectivity index (χ3v) is 1.82. The molecule has 2 N–H and O–H groups in total. The fraction of sp³-hybridized carbons (Fsp3) is 0.200. The van der Waals surface area contributed by atoms with Crippen molar-refractivity contribution in [2.75, 3.05) is 6.54 Å². The maximum atomic E-state index is 13.3. The van der Waals surface area contributed by atoms with Gasteiger partial charge in [0, 0.05) is 0 Å². The Balaban J connectivity index is 2.97. The van der Waals surface area contributed by atoms with Crippen LogP contribution in [0.2, 0.25) is 0 Å². The third kappa shape index (κ3) is 3.65. The van der Waals surface area contributed by atoms with E-state index < -0.39 is 42.2 Å². The molecule has 0 heterocycles. The quantitative estimate of drug-likeness (QED) is 0.838. The van der Waals surface area contributed by atoms with E-state index >= 15 is 0 Å². The fourth-order valence-corrected chi connectivity index (χ4v) is 1.16. The van der Waals surface area contributed by atoms with Crippen LogP contribution in [-0.4, -0.2) is 30.1 Å². The molecule has 0 fully saturated rings. The highest BCUT2D eigenvalue weighted by molar-refractivity contribution is 5.98. The SMILES string of the molecule is O=C(O)CNC(=O)c1c(F)cccc1OC(F)F. The van der Waals surface area contributed by atoms with Crippen LogP contribution in [0.4, 0.5) is 13.2 Å². The molecular formula is C10H8F3NO4. The third-order valence-electron chi connectivity index (χ3n) is 1.82. The van der Waals surface area contributed by atoms with Crippen LogP contribution in [-0.2, 0) is 4.79 Å². The van der Waals surface area contributed by atoms with Gasteiger partial charge in [0.05, 0.1) is 0 Å². The number of aliphatic carboxylic acids is 1. The summed E-state index contributed by atoms with van der Waals surface area (Å²) in [5, 5.41) is 10.2. The molecule has 0 saturated carbocycles. The van der Waals surface area contributed by atoms with Crippen LogP contribution in [0, 0.1) is 5.82 Å². The highest BCUT2D eigenvalue weighted by Gasteiger charge is 2.20. The molecule has 0 aliphatic rings. The average Bonchev–Trinajstić information content (AvgIpc) is 2.25. The maximum Gasteiger partial charge on any atom is 0.387 e. The van der Waals surface area contributed by atoms with Crippen LogP contribution in [0.5, 0.6) is 5.75 Å². The van der Waals surface area contributed by atoms with Gasteiger partial charge in [-0.1, -0.05) is 6.07 Å². The zero-order valence-corrected chi connectivity index (χ0v) is 8.82. The van der Waals surface area contributed by atoms with Gasteiger partial charge in [-0.25, -0.2) is 4.39 Å². The minimum absolute atomic E-state index is 0.659. The molecule has 1 rings (SSSR count). The summed E-state index contributed by atoms with van der Waals surface area (Å²) in [5.74, 6) is -4.24. The predicted octanol–water partition coefficient (Wildman–Crippen LogP) is 1.24. The number of amides is 1. The largest absolute Gasteiger partial charge is 0.480 e. The molecule has 1 aromatic carbocycles. The van der Waals surface area contributed by atoms with E-state index in [1.807, 2.05) is 5.32 Å². The first-order valence-electron chi connectivity index (χ1n) is 4.65. The smallest absolute Gasteiger partial charge is 0.387 e. The lowest BCUT2D eigenvalue weighted by Crippen LogP contribution is -2.30. The number of hydrogen-bond donors (Lipinski definition) is 2. The van der Waals surface area contributed by atoms with Gasteiger partial charge < -0.3 is 15.2 Å². The second-order valence-electron chi connectivity index (χ2n) is 3.07. The summed E-state index contributed by atoms with van der Waals surface area (Å²) in [7, 11) is 0. The van der Waals surface area contributed by atoms with Gasteiger partial charge in [0.25, 0.3) is 5.91 Å². The number of carbonyl (C=O) groups is 2. The van der Waals surface area contributed by atoms with Crippen molar-refractivity contribution < 1.29 is 32.6 Å². The Morgan fingerprint density at radius 1 is 1.39 bits per heavy atom. The molecule has 0 aliphatic carbocycles. The van der Waals surface area contributed by atoms with Crippen molar-refractivity contribution in [3.8, 4) is 5.75 Å². The van der Waals surface area contributed by atoms with Crippen molar-refractivity contribution >= 4 is 11.9 Å². The lowest BCUT2D eigenvalue weighted by molar-refractivity contribution is -0.135. The molecule has 0 radical (unpaired) electrons. The molecule has 1 amide bonds. The molecule has 0 bridgehead atoms. The molecule has 1 aromatic rings. The number of carboxylic acid groups (broad SMARTS) is 1. The number of halogens is 3. The molecule has 0 atom stereocenters. The molecule has 0 aromatic heterocycles. The summed E-state index contributed by atoms with van der Waals surface area (Å²) < 4.78 is 41.4. The number of benzene rings is 1. The molecule has 5 nitrogen and oxygen atoms in total. The topological polar surface area (TPSA) is 75.6 Å². The Bertz CT molecular complexity index is 464. The number of hydrogen-bond acceptors (Lipinski definition) is 3. The first-order chi connectivity index (χ1) is 8.41. The van der Waals surface area contributed by atoms with E-state index in [0.717, 1.165) is 18.2 Å². The first kappa shape index (κ1) is 13.8. The van der Waals surface area contributed by atoms with E-state index in [4.69, 9.17) is 5.11 Å². The lowest BCUT2D eigenvalue weighted by Gasteiger charge is -2.10. The molecule has 18 heavy (non-hydrogen) atoms. The standard InChI is InChI=1S/C10H8F3NO4/c11-5-2-1-3-6(18-10(12)13)8(5)9(17)14-4-7(15)16/h1-3,10H,4H2,(H,14,17)(H,15,16). The highest BCUT2D eigenvalue weighted by atomic mass is 19.3. The Morgan fingerprint density at radius 2 is 2.06 bits per heavy atom. The van der Waals surface area contributed by atoms with E-state index in [9.17, 15) is 22.8 Å². The zero-order valence-electron chi connectivity index (χ0n) is 8.82. The van der Waals surface area contributed by atoms with E-state index in [2.05, 4.69) is 4.74 Å². The van der Waals surface area contributed by atoms with E-state index in [1.54, 1.807) is 0 Å². The average molecular weight is 263 g/mol. The van der Waals surface area contributed by atoms with Gasteiger partial charge in [0.15, 0.2) is 0 Å². The number of rotatable bonds is 5. The molecule has 0 spiro atoms. The van der Waals surface area contributed by atoms with Crippen LogP contribution >= 0.6 is 0 Å². The van der Waals surface area contributed by atoms with E-state index in [1.165, 1.54) is 0 Å². The molecular weight excluding hydrogens is 255 g/mol. The molecule has 0 unspecified atom stereocenters. The van der Waals surface area contributed by atoms with Gasteiger partial charge in [-0.15, -0.1) is 0 Å². The number of ether oxygens (including phenoxy) is 1. The first-order valence-corrected chi connectivity index (χ1v) is 4.65. The Labute approximate surface area is 99.2 Å². The van der Waals surface area contributed by atoms with Gasteiger partial charge in [-0.2, -0.15) is 8.78 Å². The van der Waals surface area contributed by atoms with Gasteiger partial charge in [0.1, 0.15) is 23.7 Å². The summed E-state index contributed by atoms with van der Waals surface area (Å²) in [6.07, 6.45) is 0. The number of nitrogens with one attached hydrogen (secondary N) is 1. The Morgan fingerprint density at radius 3 is 2.61 bits per heavy atom. The molecule has 98 valence electrons. The summed E-state index contributed by atoms with van der Waals surface area (Å²) in [6.45, 7) is -3.99. The second-order valence-corrected chi connectivity index (χ2v) is 3.07. The fourth-order valence-electron chi connectivity index (χ4n) is 1.16.